The van der Waals surface area contributed by atoms with Crippen molar-refractivity contribution >= 4 is 5.91 Å². The van der Waals surface area contributed by atoms with Crippen LogP contribution in [0.1, 0.15) is 30.9 Å². The minimum Gasteiger partial charge on any atom is -0.342 e. The van der Waals surface area contributed by atoms with Crippen LogP contribution in [-0.4, -0.2) is 29.9 Å². The lowest BCUT2D eigenvalue weighted by atomic mass is 9.92. The topological polar surface area (TPSA) is 46.3 Å². The summed E-state index contributed by atoms with van der Waals surface area (Å²) in [6, 6.07) is 8.28. The van der Waals surface area contributed by atoms with Gasteiger partial charge < -0.3 is 10.6 Å². The Morgan fingerprint density at radius 2 is 2.21 bits per heavy atom. The Labute approximate surface area is 115 Å². The van der Waals surface area contributed by atoms with Gasteiger partial charge in [-0.2, -0.15) is 0 Å². The van der Waals surface area contributed by atoms with E-state index in [2.05, 4.69) is 13.0 Å². The van der Waals surface area contributed by atoms with Gasteiger partial charge in [0.1, 0.15) is 0 Å². The van der Waals surface area contributed by atoms with Crippen LogP contribution in [-0.2, 0) is 11.2 Å². The van der Waals surface area contributed by atoms with Gasteiger partial charge in [0.05, 0.1) is 6.42 Å². The average Bonchev–Trinajstić information content (AvgIpc) is 2.41. The molecule has 19 heavy (non-hydrogen) atoms. The van der Waals surface area contributed by atoms with E-state index in [9.17, 15) is 4.79 Å². The second-order valence-corrected chi connectivity index (χ2v) is 5.70. The molecule has 3 nitrogen and oxygen atoms in total. The minimum absolute atomic E-state index is 0.175. The van der Waals surface area contributed by atoms with Gasteiger partial charge in [0, 0.05) is 19.1 Å². The normalized spacial score (nSPS) is 21.2. The number of rotatable bonds is 3. The Morgan fingerprint density at radius 1 is 1.47 bits per heavy atom. The number of aryl methyl sites for hydroxylation is 1. The van der Waals surface area contributed by atoms with Crippen LogP contribution in [0.25, 0.3) is 0 Å². The quantitative estimate of drug-likeness (QED) is 0.905. The number of piperidine rings is 1. The van der Waals surface area contributed by atoms with E-state index in [0.29, 0.717) is 12.3 Å². The molecule has 1 amide bonds. The zero-order chi connectivity index (χ0) is 13.8. The molecule has 1 saturated heterocycles. The first-order valence-corrected chi connectivity index (χ1v) is 7.16. The molecule has 2 N–H and O–H groups in total. The molecule has 1 aliphatic rings. The molecular weight excluding hydrogens is 236 g/mol. The van der Waals surface area contributed by atoms with Gasteiger partial charge >= 0.3 is 0 Å². The number of nitrogens with two attached hydrogens (primary N) is 1. The summed E-state index contributed by atoms with van der Waals surface area (Å²) in [6.45, 7) is 5.81. The lowest BCUT2D eigenvalue weighted by Crippen LogP contribution is -2.45. The third-order valence-electron chi connectivity index (χ3n) is 4.16. The maximum Gasteiger partial charge on any atom is 0.227 e. The number of hydrogen-bond donors (Lipinski definition) is 1. The summed E-state index contributed by atoms with van der Waals surface area (Å²) < 4.78 is 0. The van der Waals surface area contributed by atoms with E-state index in [1.165, 1.54) is 5.56 Å². The van der Waals surface area contributed by atoms with Crippen molar-refractivity contribution in [3.8, 4) is 0 Å². The standard InChI is InChI=1S/C16H24N2O/c1-12-6-3-4-7-14(12)10-16(19)18-9-5-8-15(11-18)13(2)17/h3-4,6-7,13,15H,5,8-11,17H2,1-2H3. The summed E-state index contributed by atoms with van der Waals surface area (Å²) >= 11 is 0. The Bertz CT molecular complexity index is 442. The molecule has 0 aromatic heterocycles. The average molecular weight is 260 g/mol. The Balaban J connectivity index is 1.98. The summed E-state index contributed by atoms with van der Waals surface area (Å²) in [6.07, 6.45) is 2.73. The highest BCUT2D eigenvalue weighted by Gasteiger charge is 2.25. The number of nitrogens with zero attached hydrogens (tertiary/aromatic N) is 1. The first kappa shape index (κ1) is 14.1. The highest BCUT2D eigenvalue weighted by Crippen LogP contribution is 2.20. The van der Waals surface area contributed by atoms with Crippen LogP contribution in [0.2, 0.25) is 0 Å². The van der Waals surface area contributed by atoms with E-state index in [-0.39, 0.29) is 11.9 Å². The number of hydrogen-bond acceptors (Lipinski definition) is 2. The summed E-state index contributed by atoms with van der Waals surface area (Å²) in [7, 11) is 0. The predicted molar refractivity (Wildman–Crippen MR) is 77.8 cm³/mol. The Hall–Kier alpha value is -1.35. The number of carbonyl (C=O) groups excluding carboxylic acids is 1. The summed E-state index contributed by atoms with van der Waals surface area (Å²) in [4.78, 5) is 14.4. The number of amides is 1. The fourth-order valence-corrected chi connectivity index (χ4v) is 2.75. The van der Waals surface area contributed by atoms with E-state index >= 15 is 0 Å². The molecule has 0 saturated carbocycles. The molecule has 2 rings (SSSR count). The van der Waals surface area contributed by atoms with Crippen LogP contribution in [0, 0.1) is 12.8 Å². The monoisotopic (exact) mass is 260 g/mol. The lowest BCUT2D eigenvalue weighted by Gasteiger charge is -2.34. The van der Waals surface area contributed by atoms with Crippen molar-refractivity contribution in [3.63, 3.8) is 0 Å². The number of benzene rings is 1. The van der Waals surface area contributed by atoms with Crippen molar-refractivity contribution in [1.29, 1.82) is 0 Å². The molecule has 2 atom stereocenters. The van der Waals surface area contributed by atoms with Crippen LogP contribution in [0.5, 0.6) is 0 Å². The summed E-state index contributed by atoms with van der Waals surface area (Å²) in [5, 5.41) is 0. The van der Waals surface area contributed by atoms with Gasteiger partial charge in [0.2, 0.25) is 5.91 Å². The van der Waals surface area contributed by atoms with Crippen molar-refractivity contribution in [1.82, 2.24) is 4.90 Å². The van der Waals surface area contributed by atoms with Crippen LogP contribution in [0.15, 0.2) is 24.3 Å². The molecule has 1 fully saturated rings. The van der Waals surface area contributed by atoms with E-state index in [1.54, 1.807) is 0 Å². The lowest BCUT2D eigenvalue weighted by molar-refractivity contribution is -0.132. The van der Waals surface area contributed by atoms with E-state index in [1.807, 2.05) is 30.0 Å². The van der Waals surface area contributed by atoms with Crippen LogP contribution in [0.3, 0.4) is 0 Å². The zero-order valence-electron chi connectivity index (χ0n) is 11.9. The van der Waals surface area contributed by atoms with Gasteiger partial charge in [0.15, 0.2) is 0 Å². The summed E-state index contributed by atoms with van der Waals surface area (Å²) in [5.41, 5.74) is 8.29. The molecule has 1 aromatic rings. The molecule has 2 unspecified atom stereocenters. The maximum absolute atomic E-state index is 12.4. The minimum atomic E-state index is 0.175. The van der Waals surface area contributed by atoms with Crippen LogP contribution < -0.4 is 5.73 Å². The van der Waals surface area contributed by atoms with E-state index in [0.717, 1.165) is 31.5 Å². The van der Waals surface area contributed by atoms with Gasteiger partial charge in [-0.05, 0) is 43.7 Å². The van der Waals surface area contributed by atoms with Crippen LogP contribution in [0.4, 0.5) is 0 Å². The predicted octanol–water partition coefficient (Wildman–Crippen LogP) is 2.12. The molecule has 1 aromatic carbocycles. The van der Waals surface area contributed by atoms with Crippen molar-refractivity contribution < 1.29 is 4.79 Å². The second kappa shape index (κ2) is 6.20. The van der Waals surface area contributed by atoms with Crippen molar-refractivity contribution in [3.05, 3.63) is 35.4 Å². The molecular formula is C16H24N2O. The second-order valence-electron chi connectivity index (χ2n) is 5.70. The molecule has 104 valence electrons. The van der Waals surface area contributed by atoms with Crippen LogP contribution >= 0.6 is 0 Å². The SMILES string of the molecule is Cc1ccccc1CC(=O)N1CCCC(C(C)N)C1. The Morgan fingerprint density at radius 3 is 2.89 bits per heavy atom. The highest BCUT2D eigenvalue weighted by molar-refractivity contribution is 5.79. The molecule has 1 aliphatic heterocycles. The molecule has 0 aliphatic carbocycles. The molecule has 1 heterocycles. The molecule has 0 bridgehead atoms. The van der Waals surface area contributed by atoms with Gasteiger partial charge in [-0.1, -0.05) is 24.3 Å². The smallest absolute Gasteiger partial charge is 0.227 e. The third-order valence-corrected chi connectivity index (χ3v) is 4.16. The highest BCUT2D eigenvalue weighted by atomic mass is 16.2. The maximum atomic E-state index is 12.4. The zero-order valence-corrected chi connectivity index (χ0v) is 11.9. The van der Waals surface area contributed by atoms with Gasteiger partial charge in [-0.3, -0.25) is 4.79 Å². The third kappa shape index (κ3) is 3.57. The Kier molecular flexibility index (Phi) is 4.59. The number of likely N-dealkylation sites (tertiary alicyclic amines) is 1. The molecule has 0 spiro atoms. The van der Waals surface area contributed by atoms with Gasteiger partial charge in [-0.15, -0.1) is 0 Å². The van der Waals surface area contributed by atoms with E-state index < -0.39 is 0 Å². The fraction of sp³-hybridized carbons (Fsp3) is 0.562. The first-order valence-electron chi connectivity index (χ1n) is 7.16. The van der Waals surface area contributed by atoms with E-state index in [4.69, 9.17) is 5.73 Å². The van der Waals surface area contributed by atoms with Gasteiger partial charge in [-0.25, -0.2) is 0 Å². The molecule has 0 radical (unpaired) electrons. The molecule has 3 heteroatoms. The van der Waals surface area contributed by atoms with Crippen molar-refractivity contribution in [2.45, 2.75) is 39.2 Å². The summed E-state index contributed by atoms with van der Waals surface area (Å²) in [5.74, 6) is 0.689. The van der Waals surface area contributed by atoms with Gasteiger partial charge in [0.25, 0.3) is 0 Å². The largest absolute Gasteiger partial charge is 0.342 e. The fourth-order valence-electron chi connectivity index (χ4n) is 2.75. The first-order chi connectivity index (χ1) is 9.08. The van der Waals surface area contributed by atoms with Crippen molar-refractivity contribution in [2.24, 2.45) is 11.7 Å². The number of carbonyl (C=O) groups is 1. The van der Waals surface area contributed by atoms with Crippen molar-refractivity contribution in [2.75, 3.05) is 13.1 Å².